The Morgan fingerprint density at radius 1 is 1.18 bits per heavy atom. The van der Waals surface area contributed by atoms with Crippen LogP contribution < -0.4 is 0 Å². The summed E-state index contributed by atoms with van der Waals surface area (Å²) in [5.41, 5.74) is 3.46. The average Bonchev–Trinajstić information content (AvgIpc) is 3.08. The van der Waals surface area contributed by atoms with Crippen molar-refractivity contribution in [2.45, 2.75) is 19.5 Å². The van der Waals surface area contributed by atoms with Crippen LogP contribution >= 0.6 is 11.3 Å². The number of pyridine rings is 1. The molecule has 1 aliphatic rings. The van der Waals surface area contributed by atoms with Crippen LogP contribution in [0.3, 0.4) is 0 Å². The molecule has 3 aromatic heterocycles. The summed E-state index contributed by atoms with van der Waals surface area (Å²) in [7, 11) is 0. The molecule has 0 atom stereocenters. The van der Waals surface area contributed by atoms with Crippen LogP contribution in [0.2, 0.25) is 0 Å². The van der Waals surface area contributed by atoms with Gasteiger partial charge in [-0.2, -0.15) is 0 Å². The van der Waals surface area contributed by atoms with Gasteiger partial charge < -0.3 is 0 Å². The molecule has 4 rings (SSSR count). The molecule has 0 bridgehead atoms. The first-order valence-corrected chi connectivity index (χ1v) is 8.26. The number of aromatic nitrogens is 3. The molecule has 5 heteroatoms. The summed E-state index contributed by atoms with van der Waals surface area (Å²) in [4.78, 5) is 17.2. The normalized spacial score (nSPS) is 14.7. The van der Waals surface area contributed by atoms with Gasteiger partial charge in [0, 0.05) is 60.6 Å². The van der Waals surface area contributed by atoms with E-state index in [9.17, 15) is 0 Å². The van der Waals surface area contributed by atoms with E-state index in [-0.39, 0.29) is 0 Å². The van der Waals surface area contributed by atoms with E-state index in [1.54, 1.807) is 12.4 Å². The molecule has 4 nitrogen and oxygen atoms in total. The number of hydrogen-bond acceptors (Lipinski definition) is 5. The van der Waals surface area contributed by atoms with Gasteiger partial charge in [0.25, 0.3) is 0 Å². The minimum Gasteiger partial charge on any atom is -0.294 e. The van der Waals surface area contributed by atoms with Crippen LogP contribution in [-0.2, 0) is 19.5 Å². The zero-order valence-corrected chi connectivity index (χ0v) is 13.0. The van der Waals surface area contributed by atoms with Crippen LogP contribution in [0.5, 0.6) is 0 Å². The van der Waals surface area contributed by atoms with Crippen molar-refractivity contribution in [2.24, 2.45) is 0 Å². The lowest BCUT2D eigenvalue weighted by atomic mass is 10.1. The lowest BCUT2D eigenvalue weighted by Gasteiger charge is -2.27. The van der Waals surface area contributed by atoms with Crippen molar-refractivity contribution in [3.05, 3.63) is 64.4 Å². The molecule has 22 heavy (non-hydrogen) atoms. The maximum absolute atomic E-state index is 4.75. The highest BCUT2D eigenvalue weighted by Gasteiger charge is 2.19. The van der Waals surface area contributed by atoms with Crippen molar-refractivity contribution in [3.8, 4) is 11.4 Å². The van der Waals surface area contributed by atoms with Crippen LogP contribution in [0.4, 0.5) is 0 Å². The summed E-state index contributed by atoms with van der Waals surface area (Å²) >= 11 is 1.82. The third-order valence-electron chi connectivity index (χ3n) is 3.91. The summed E-state index contributed by atoms with van der Waals surface area (Å²) in [5.74, 6) is 0.799. The monoisotopic (exact) mass is 308 g/mol. The fourth-order valence-electron chi connectivity index (χ4n) is 2.77. The third-order valence-corrected chi connectivity index (χ3v) is 4.77. The van der Waals surface area contributed by atoms with Gasteiger partial charge in [-0.1, -0.05) is 6.07 Å². The molecule has 0 fully saturated rings. The van der Waals surface area contributed by atoms with Gasteiger partial charge in [0.1, 0.15) is 0 Å². The van der Waals surface area contributed by atoms with Crippen LogP contribution in [0.25, 0.3) is 11.4 Å². The summed E-state index contributed by atoms with van der Waals surface area (Å²) in [6.45, 7) is 3.00. The number of hydrogen-bond donors (Lipinski definition) is 0. The van der Waals surface area contributed by atoms with Gasteiger partial charge in [0.15, 0.2) is 5.82 Å². The molecule has 0 amide bonds. The zero-order chi connectivity index (χ0) is 14.8. The second kappa shape index (κ2) is 5.94. The number of thiophene rings is 1. The maximum atomic E-state index is 4.75. The Morgan fingerprint density at radius 2 is 2.09 bits per heavy atom. The van der Waals surface area contributed by atoms with Crippen molar-refractivity contribution in [2.75, 3.05) is 6.54 Å². The van der Waals surface area contributed by atoms with Gasteiger partial charge >= 0.3 is 0 Å². The van der Waals surface area contributed by atoms with Crippen molar-refractivity contribution in [1.29, 1.82) is 0 Å². The van der Waals surface area contributed by atoms with E-state index in [1.165, 1.54) is 16.1 Å². The SMILES string of the molecule is c1csc(CN2CCc3nc(-c4ccncc4)ncc3C2)c1. The van der Waals surface area contributed by atoms with Crippen molar-refractivity contribution in [3.63, 3.8) is 0 Å². The predicted octanol–water partition coefficient (Wildman–Crippen LogP) is 3.16. The fourth-order valence-corrected chi connectivity index (χ4v) is 3.52. The molecule has 0 unspecified atom stereocenters. The first-order valence-electron chi connectivity index (χ1n) is 7.38. The smallest absolute Gasteiger partial charge is 0.159 e. The Hall–Kier alpha value is -2.11. The van der Waals surface area contributed by atoms with E-state index in [4.69, 9.17) is 4.98 Å². The maximum Gasteiger partial charge on any atom is 0.159 e. The highest BCUT2D eigenvalue weighted by molar-refractivity contribution is 7.09. The zero-order valence-electron chi connectivity index (χ0n) is 12.1. The van der Waals surface area contributed by atoms with Gasteiger partial charge in [-0.25, -0.2) is 9.97 Å². The summed E-state index contributed by atoms with van der Waals surface area (Å²) < 4.78 is 0. The number of fused-ring (bicyclic) bond motifs is 1. The Labute approximate surface area is 133 Å². The second-order valence-corrected chi connectivity index (χ2v) is 6.47. The van der Waals surface area contributed by atoms with Crippen molar-refractivity contribution < 1.29 is 0 Å². The van der Waals surface area contributed by atoms with E-state index in [2.05, 4.69) is 32.4 Å². The van der Waals surface area contributed by atoms with Gasteiger partial charge in [0.05, 0.1) is 5.69 Å². The minimum absolute atomic E-state index is 0.799. The summed E-state index contributed by atoms with van der Waals surface area (Å²) in [6.07, 6.45) is 6.53. The molecule has 0 radical (unpaired) electrons. The number of rotatable bonds is 3. The highest BCUT2D eigenvalue weighted by Crippen LogP contribution is 2.22. The first kappa shape index (κ1) is 13.5. The van der Waals surface area contributed by atoms with Crippen molar-refractivity contribution in [1.82, 2.24) is 19.9 Å². The summed E-state index contributed by atoms with van der Waals surface area (Å²) in [6, 6.07) is 8.21. The molecule has 0 aliphatic carbocycles. The Morgan fingerprint density at radius 3 is 2.91 bits per heavy atom. The molecule has 0 saturated heterocycles. The molecule has 0 spiro atoms. The van der Waals surface area contributed by atoms with E-state index >= 15 is 0 Å². The molecule has 1 aliphatic heterocycles. The van der Waals surface area contributed by atoms with Crippen LogP contribution in [0, 0.1) is 0 Å². The van der Waals surface area contributed by atoms with Crippen LogP contribution in [0.1, 0.15) is 16.1 Å². The van der Waals surface area contributed by atoms with Gasteiger partial charge in [-0.15, -0.1) is 11.3 Å². The standard InChI is InChI=1S/C17H16N4S/c1-2-15(22-9-1)12-21-8-5-16-14(11-21)10-19-17(20-16)13-3-6-18-7-4-13/h1-4,6-7,9-10H,5,8,11-12H2. The van der Waals surface area contributed by atoms with Crippen LogP contribution in [-0.4, -0.2) is 26.4 Å². The molecule has 0 N–H and O–H groups in total. The van der Waals surface area contributed by atoms with Gasteiger partial charge in [0.2, 0.25) is 0 Å². The average molecular weight is 308 g/mol. The lowest BCUT2D eigenvalue weighted by Crippen LogP contribution is -2.30. The second-order valence-electron chi connectivity index (χ2n) is 5.44. The van der Waals surface area contributed by atoms with Gasteiger partial charge in [-0.3, -0.25) is 9.88 Å². The molecule has 3 aromatic rings. The Kier molecular flexibility index (Phi) is 3.66. The predicted molar refractivity (Wildman–Crippen MR) is 87.4 cm³/mol. The lowest BCUT2D eigenvalue weighted by molar-refractivity contribution is 0.245. The largest absolute Gasteiger partial charge is 0.294 e. The molecule has 0 saturated carbocycles. The Bertz CT molecular complexity index is 756. The molecular weight excluding hydrogens is 292 g/mol. The fraction of sp³-hybridized carbons (Fsp3) is 0.235. The van der Waals surface area contributed by atoms with E-state index in [0.717, 1.165) is 37.4 Å². The Balaban J connectivity index is 1.54. The summed E-state index contributed by atoms with van der Waals surface area (Å²) in [5, 5.41) is 2.14. The van der Waals surface area contributed by atoms with E-state index in [1.807, 2.05) is 29.7 Å². The first-order chi connectivity index (χ1) is 10.9. The quantitative estimate of drug-likeness (QED) is 0.745. The molecule has 0 aromatic carbocycles. The molecule has 4 heterocycles. The van der Waals surface area contributed by atoms with E-state index < -0.39 is 0 Å². The van der Waals surface area contributed by atoms with Gasteiger partial charge in [-0.05, 0) is 23.6 Å². The molecule has 110 valence electrons. The van der Waals surface area contributed by atoms with Crippen LogP contribution in [0.15, 0.2) is 48.2 Å². The highest BCUT2D eigenvalue weighted by atomic mass is 32.1. The third kappa shape index (κ3) is 2.77. The molecular formula is C17H16N4S. The number of nitrogens with zero attached hydrogens (tertiary/aromatic N) is 4. The topological polar surface area (TPSA) is 41.9 Å². The minimum atomic E-state index is 0.799. The van der Waals surface area contributed by atoms with E-state index in [0.29, 0.717) is 0 Å². The van der Waals surface area contributed by atoms with Crippen molar-refractivity contribution >= 4 is 11.3 Å².